The van der Waals surface area contributed by atoms with Gasteiger partial charge in [-0.1, -0.05) is 13.8 Å². The standard InChI is InChI=1S/C11H20N4O/c1-6-9(12)10(15(4)14-6)13-7-5-8(16)11(7,2)3/h7-8,13,16H,5,12H2,1-4H3. The zero-order chi connectivity index (χ0) is 12.1. The Bertz CT molecular complexity index is 410. The van der Waals surface area contributed by atoms with Gasteiger partial charge in [0, 0.05) is 18.5 Å². The molecule has 1 fully saturated rings. The Balaban J connectivity index is 2.17. The van der Waals surface area contributed by atoms with Crippen molar-refractivity contribution in [3.8, 4) is 0 Å². The minimum atomic E-state index is -0.236. The van der Waals surface area contributed by atoms with Gasteiger partial charge in [0.25, 0.3) is 0 Å². The van der Waals surface area contributed by atoms with Crippen molar-refractivity contribution in [3.05, 3.63) is 5.69 Å². The summed E-state index contributed by atoms with van der Waals surface area (Å²) in [6.07, 6.45) is 0.525. The summed E-state index contributed by atoms with van der Waals surface area (Å²) in [5.74, 6) is 0.850. The second-order valence-electron chi connectivity index (χ2n) is 5.24. The van der Waals surface area contributed by atoms with Crippen molar-refractivity contribution in [2.75, 3.05) is 11.1 Å². The lowest BCUT2D eigenvalue weighted by Gasteiger charge is -2.49. The number of rotatable bonds is 2. The van der Waals surface area contributed by atoms with E-state index in [2.05, 4.69) is 24.3 Å². The van der Waals surface area contributed by atoms with E-state index in [4.69, 9.17) is 5.73 Å². The molecule has 90 valence electrons. The summed E-state index contributed by atoms with van der Waals surface area (Å²) in [6.45, 7) is 6.00. The van der Waals surface area contributed by atoms with E-state index < -0.39 is 0 Å². The first-order chi connectivity index (χ1) is 7.34. The van der Waals surface area contributed by atoms with Crippen LogP contribution < -0.4 is 11.1 Å². The monoisotopic (exact) mass is 224 g/mol. The summed E-state index contributed by atoms with van der Waals surface area (Å²) in [6, 6.07) is 0.250. The summed E-state index contributed by atoms with van der Waals surface area (Å²) in [5.41, 5.74) is 7.37. The largest absolute Gasteiger partial charge is 0.394 e. The Hall–Kier alpha value is -1.23. The molecule has 2 atom stereocenters. The van der Waals surface area contributed by atoms with Crippen molar-refractivity contribution >= 4 is 11.5 Å². The summed E-state index contributed by atoms with van der Waals surface area (Å²) >= 11 is 0. The van der Waals surface area contributed by atoms with Crippen molar-refractivity contribution < 1.29 is 5.11 Å². The van der Waals surface area contributed by atoms with E-state index in [1.165, 1.54) is 0 Å². The van der Waals surface area contributed by atoms with E-state index >= 15 is 0 Å². The number of aryl methyl sites for hydroxylation is 2. The number of hydrogen-bond acceptors (Lipinski definition) is 4. The fourth-order valence-electron chi connectivity index (χ4n) is 2.16. The topological polar surface area (TPSA) is 76.1 Å². The van der Waals surface area contributed by atoms with Gasteiger partial charge in [-0.05, 0) is 13.3 Å². The Morgan fingerprint density at radius 1 is 1.56 bits per heavy atom. The van der Waals surface area contributed by atoms with Crippen LogP contribution in [0.15, 0.2) is 0 Å². The fraction of sp³-hybridized carbons (Fsp3) is 0.727. The number of nitrogens with two attached hydrogens (primary N) is 1. The van der Waals surface area contributed by atoms with Crippen molar-refractivity contribution in [1.82, 2.24) is 9.78 Å². The average Bonchev–Trinajstić information content (AvgIpc) is 2.44. The highest BCUT2D eigenvalue weighted by molar-refractivity contribution is 5.65. The van der Waals surface area contributed by atoms with Gasteiger partial charge in [-0.15, -0.1) is 0 Å². The second-order valence-corrected chi connectivity index (χ2v) is 5.24. The molecular weight excluding hydrogens is 204 g/mol. The van der Waals surface area contributed by atoms with Gasteiger partial charge in [-0.3, -0.25) is 4.68 Å². The van der Waals surface area contributed by atoms with Gasteiger partial charge in [-0.2, -0.15) is 5.10 Å². The van der Waals surface area contributed by atoms with Crippen molar-refractivity contribution in [2.45, 2.75) is 39.3 Å². The average molecular weight is 224 g/mol. The normalized spacial score (nSPS) is 27.6. The lowest BCUT2D eigenvalue weighted by Crippen LogP contribution is -2.57. The number of nitrogen functional groups attached to an aromatic ring is 1. The van der Waals surface area contributed by atoms with E-state index in [1.54, 1.807) is 4.68 Å². The SMILES string of the molecule is Cc1nn(C)c(NC2CC(O)C2(C)C)c1N. The van der Waals surface area contributed by atoms with E-state index in [9.17, 15) is 5.11 Å². The molecular formula is C11H20N4O. The molecule has 1 aromatic rings. The Kier molecular flexibility index (Phi) is 2.38. The number of nitrogens with one attached hydrogen (secondary N) is 1. The van der Waals surface area contributed by atoms with Crippen molar-refractivity contribution in [3.63, 3.8) is 0 Å². The first kappa shape index (κ1) is 11.3. The smallest absolute Gasteiger partial charge is 0.148 e. The quantitative estimate of drug-likeness (QED) is 0.697. The maximum atomic E-state index is 9.67. The summed E-state index contributed by atoms with van der Waals surface area (Å²) in [5, 5.41) is 17.3. The molecule has 5 heteroatoms. The number of nitrogens with zero attached hydrogens (tertiary/aromatic N) is 2. The highest BCUT2D eigenvalue weighted by Crippen LogP contribution is 2.42. The maximum Gasteiger partial charge on any atom is 0.148 e. The Morgan fingerprint density at radius 3 is 2.56 bits per heavy atom. The molecule has 2 unspecified atom stereocenters. The van der Waals surface area contributed by atoms with Crippen LogP contribution in [0.2, 0.25) is 0 Å². The third kappa shape index (κ3) is 1.46. The highest BCUT2D eigenvalue weighted by Gasteiger charge is 2.47. The van der Waals surface area contributed by atoms with Gasteiger partial charge in [0.05, 0.1) is 17.5 Å². The molecule has 0 aliphatic heterocycles. The van der Waals surface area contributed by atoms with E-state index in [1.807, 2.05) is 14.0 Å². The van der Waals surface area contributed by atoms with Crippen LogP contribution in [-0.4, -0.2) is 27.0 Å². The van der Waals surface area contributed by atoms with Crippen LogP contribution in [0.3, 0.4) is 0 Å². The molecule has 4 N–H and O–H groups in total. The van der Waals surface area contributed by atoms with Gasteiger partial charge in [0.2, 0.25) is 0 Å². The van der Waals surface area contributed by atoms with Crippen molar-refractivity contribution in [1.29, 1.82) is 0 Å². The number of anilines is 2. The number of aromatic nitrogens is 2. The maximum absolute atomic E-state index is 9.67. The third-order valence-corrected chi connectivity index (χ3v) is 3.80. The lowest BCUT2D eigenvalue weighted by molar-refractivity contribution is -0.0512. The first-order valence-corrected chi connectivity index (χ1v) is 5.57. The predicted octanol–water partition coefficient (Wildman–Crippen LogP) is 0.882. The molecule has 1 aromatic heterocycles. The summed E-state index contributed by atoms with van der Waals surface area (Å²) < 4.78 is 1.76. The van der Waals surface area contributed by atoms with Gasteiger partial charge in [0.1, 0.15) is 5.82 Å². The number of aliphatic hydroxyl groups is 1. The Labute approximate surface area is 95.6 Å². The third-order valence-electron chi connectivity index (χ3n) is 3.80. The lowest BCUT2D eigenvalue weighted by atomic mass is 9.64. The molecule has 1 saturated carbocycles. The molecule has 1 aliphatic carbocycles. The highest BCUT2D eigenvalue weighted by atomic mass is 16.3. The minimum absolute atomic E-state index is 0.107. The second kappa shape index (κ2) is 3.38. The van der Waals surface area contributed by atoms with Crippen molar-refractivity contribution in [2.24, 2.45) is 12.5 Å². The number of hydrogen-bond donors (Lipinski definition) is 3. The van der Waals surface area contributed by atoms with Crippen LogP contribution >= 0.6 is 0 Å². The fourth-order valence-corrected chi connectivity index (χ4v) is 2.16. The molecule has 0 bridgehead atoms. The van der Waals surface area contributed by atoms with Gasteiger partial charge >= 0.3 is 0 Å². The van der Waals surface area contributed by atoms with E-state index in [-0.39, 0.29) is 17.6 Å². The van der Waals surface area contributed by atoms with Crippen LogP contribution in [0, 0.1) is 12.3 Å². The minimum Gasteiger partial charge on any atom is -0.394 e. The molecule has 5 nitrogen and oxygen atoms in total. The van der Waals surface area contributed by atoms with Gasteiger partial charge in [0.15, 0.2) is 0 Å². The van der Waals surface area contributed by atoms with Crippen LogP contribution in [0.25, 0.3) is 0 Å². The van der Waals surface area contributed by atoms with Crippen LogP contribution in [0.1, 0.15) is 26.0 Å². The zero-order valence-electron chi connectivity index (χ0n) is 10.3. The van der Waals surface area contributed by atoms with E-state index in [0.29, 0.717) is 5.69 Å². The van der Waals surface area contributed by atoms with E-state index in [0.717, 1.165) is 17.9 Å². The van der Waals surface area contributed by atoms with Crippen LogP contribution in [0.4, 0.5) is 11.5 Å². The van der Waals surface area contributed by atoms with Gasteiger partial charge in [-0.25, -0.2) is 0 Å². The molecule has 0 spiro atoms. The molecule has 0 amide bonds. The molecule has 1 heterocycles. The zero-order valence-corrected chi connectivity index (χ0v) is 10.3. The summed E-state index contributed by atoms with van der Waals surface area (Å²) in [7, 11) is 1.87. The predicted molar refractivity (Wildman–Crippen MR) is 64.2 cm³/mol. The van der Waals surface area contributed by atoms with Crippen LogP contribution in [0.5, 0.6) is 0 Å². The Morgan fingerprint density at radius 2 is 2.19 bits per heavy atom. The van der Waals surface area contributed by atoms with Crippen LogP contribution in [-0.2, 0) is 7.05 Å². The number of aliphatic hydroxyl groups excluding tert-OH is 1. The molecule has 0 aromatic carbocycles. The van der Waals surface area contributed by atoms with Gasteiger partial charge < -0.3 is 16.2 Å². The molecule has 0 saturated heterocycles. The molecule has 16 heavy (non-hydrogen) atoms. The molecule has 0 radical (unpaired) electrons. The molecule has 2 rings (SSSR count). The first-order valence-electron chi connectivity index (χ1n) is 5.57. The molecule has 1 aliphatic rings. The summed E-state index contributed by atoms with van der Waals surface area (Å²) in [4.78, 5) is 0.